The highest BCUT2D eigenvalue weighted by Gasteiger charge is 2.14. The van der Waals surface area contributed by atoms with Crippen molar-refractivity contribution in [1.82, 2.24) is 20.2 Å². The summed E-state index contributed by atoms with van der Waals surface area (Å²) in [5.74, 6) is -0.849. The molecule has 2 aromatic rings. The summed E-state index contributed by atoms with van der Waals surface area (Å²) in [6.45, 7) is 1.10. The highest BCUT2D eigenvalue weighted by Crippen LogP contribution is 2.21. The first kappa shape index (κ1) is 12.6. The lowest BCUT2D eigenvalue weighted by atomic mass is 10.2. The third-order valence-electron chi connectivity index (χ3n) is 2.53. The predicted octanol–water partition coefficient (Wildman–Crippen LogP) is 1.36. The highest BCUT2D eigenvalue weighted by molar-refractivity contribution is 5.55. The summed E-state index contributed by atoms with van der Waals surface area (Å²) >= 11 is 0. The summed E-state index contributed by atoms with van der Waals surface area (Å²) in [6, 6.07) is 3.20. The van der Waals surface area contributed by atoms with Crippen LogP contribution in [-0.2, 0) is 6.54 Å². The number of unbranched alkanes of at least 4 members (excludes halogenated alkanes) is 1. The number of hydrogen-bond donors (Lipinski definition) is 1. The molecule has 2 N–H and O–H groups in total. The van der Waals surface area contributed by atoms with E-state index in [0.29, 0.717) is 13.1 Å². The van der Waals surface area contributed by atoms with Crippen LogP contribution in [0.2, 0.25) is 0 Å². The van der Waals surface area contributed by atoms with Gasteiger partial charge in [0.05, 0.1) is 5.56 Å². The van der Waals surface area contributed by atoms with E-state index in [2.05, 4.69) is 15.5 Å². The number of nitrogens with two attached hydrogens (primary N) is 1. The molecule has 5 nitrogen and oxygen atoms in total. The smallest absolute Gasteiger partial charge is 0.185 e. The molecule has 0 radical (unpaired) electrons. The maximum Gasteiger partial charge on any atom is 0.185 e. The second-order valence-electron chi connectivity index (χ2n) is 3.85. The predicted molar refractivity (Wildman–Crippen MR) is 61.5 cm³/mol. The van der Waals surface area contributed by atoms with E-state index < -0.39 is 11.6 Å². The Labute approximate surface area is 103 Å². The lowest BCUT2D eigenvalue weighted by molar-refractivity contribution is 0.545. The zero-order valence-electron chi connectivity index (χ0n) is 9.68. The molecule has 1 aromatic heterocycles. The van der Waals surface area contributed by atoms with Crippen LogP contribution in [0.3, 0.4) is 0 Å². The molecule has 7 heteroatoms. The van der Waals surface area contributed by atoms with Gasteiger partial charge in [0.1, 0.15) is 11.6 Å². The van der Waals surface area contributed by atoms with Gasteiger partial charge >= 0.3 is 0 Å². The molecule has 1 heterocycles. The molecule has 0 bridgehead atoms. The fourth-order valence-corrected chi connectivity index (χ4v) is 1.62. The summed E-state index contributed by atoms with van der Waals surface area (Å²) in [5, 5.41) is 11.0. The molecule has 0 aliphatic heterocycles. The topological polar surface area (TPSA) is 69.6 Å². The first-order valence-electron chi connectivity index (χ1n) is 5.64. The van der Waals surface area contributed by atoms with Crippen molar-refractivity contribution in [3.8, 4) is 11.4 Å². The fourth-order valence-electron chi connectivity index (χ4n) is 1.62. The number of halogens is 2. The number of aryl methyl sites for hydroxylation is 1. The second kappa shape index (κ2) is 5.63. The summed E-state index contributed by atoms with van der Waals surface area (Å²) in [7, 11) is 0. The Hall–Kier alpha value is -1.89. The quantitative estimate of drug-likeness (QED) is 0.817. The lowest BCUT2D eigenvalue weighted by Crippen LogP contribution is -2.06. The Kier molecular flexibility index (Phi) is 3.93. The minimum absolute atomic E-state index is 0.0627. The van der Waals surface area contributed by atoms with Gasteiger partial charge in [-0.2, -0.15) is 0 Å². The maximum absolute atomic E-state index is 13.6. The van der Waals surface area contributed by atoms with Gasteiger partial charge in [-0.1, -0.05) is 0 Å². The van der Waals surface area contributed by atoms with E-state index in [-0.39, 0.29) is 11.4 Å². The zero-order chi connectivity index (χ0) is 13.0. The Morgan fingerprint density at radius 1 is 1.22 bits per heavy atom. The van der Waals surface area contributed by atoms with Crippen molar-refractivity contribution in [2.75, 3.05) is 6.54 Å². The van der Waals surface area contributed by atoms with Gasteiger partial charge in [-0.25, -0.2) is 13.5 Å². The molecule has 0 spiro atoms. The van der Waals surface area contributed by atoms with Crippen molar-refractivity contribution in [1.29, 1.82) is 0 Å². The molecule has 0 saturated carbocycles. The first-order valence-corrected chi connectivity index (χ1v) is 5.64. The van der Waals surface area contributed by atoms with Crippen LogP contribution in [0, 0.1) is 11.6 Å². The number of aromatic nitrogens is 4. The van der Waals surface area contributed by atoms with Gasteiger partial charge in [-0.15, -0.1) is 5.10 Å². The van der Waals surface area contributed by atoms with E-state index in [1.54, 1.807) is 0 Å². The van der Waals surface area contributed by atoms with Gasteiger partial charge in [0.2, 0.25) is 0 Å². The molecule has 0 aliphatic rings. The van der Waals surface area contributed by atoms with E-state index in [9.17, 15) is 8.78 Å². The zero-order valence-corrected chi connectivity index (χ0v) is 9.68. The van der Waals surface area contributed by atoms with Crippen molar-refractivity contribution in [2.24, 2.45) is 5.73 Å². The first-order chi connectivity index (χ1) is 8.72. The van der Waals surface area contributed by atoms with Crippen LogP contribution in [-0.4, -0.2) is 26.8 Å². The normalized spacial score (nSPS) is 10.8. The summed E-state index contributed by atoms with van der Waals surface area (Å²) < 4.78 is 28.2. The van der Waals surface area contributed by atoms with Crippen LogP contribution in [0.5, 0.6) is 0 Å². The van der Waals surface area contributed by atoms with Crippen molar-refractivity contribution >= 4 is 0 Å². The molecule has 0 amide bonds. The van der Waals surface area contributed by atoms with E-state index in [4.69, 9.17) is 5.73 Å². The average Bonchev–Trinajstić information content (AvgIpc) is 2.81. The van der Waals surface area contributed by atoms with Crippen LogP contribution < -0.4 is 5.73 Å². The number of benzene rings is 1. The Morgan fingerprint density at radius 2 is 2.06 bits per heavy atom. The van der Waals surface area contributed by atoms with Crippen LogP contribution in [0.4, 0.5) is 8.78 Å². The third kappa shape index (κ3) is 2.67. The average molecular weight is 253 g/mol. The number of tetrazole rings is 1. The molecule has 1 aromatic carbocycles. The van der Waals surface area contributed by atoms with Crippen molar-refractivity contribution in [3.05, 3.63) is 29.8 Å². The SMILES string of the molecule is NCCCCn1nnnc1-c1cc(F)ccc1F. The molecular weight excluding hydrogens is 240 g/mol. The van der Waals surface area contributed by atoms with Crippen molar-refractivity contribution in [2.45, 2.75) is 19.4 Å². The minimum atomic E-state index is -0.550. The van der Waals surface area contributed by atoms with Gasteiger partial charge in [-0.05, 0) is 48.0 Å². The molecule has 18 heavy (non-hydrogen) atoms. The second-order valence-corrected chi connectivity index (χ2v) is 3.85. The van der Waals surface area contributed by atoms with E-state index in [0.717, 1.165) is 31.0 Å². The van der Waals surface area contributed by atoms with Gasteiger partial charge in [-0.3, -0.25) is 0 Å². The fraction of sp³-hybridized carbons (Fsp3) is 0.364. The van der Waals surface area contributed by atoms with Gasteiger partial charge in [0, 0.05) is 6.54 Å². The monoisotopic (exact) mass is 253 g/mol. The maximum atomic E-state index is 13.6. The Balaban J connectivity index is 2.27. The van der Waals surface area contributed by atoms with Crippen molar-refractivity contribution in [3.63, 3.8) is 0 Å². The molecule has 0 aliphatic carbocycles. The highest BCUT2D eigenvalue weighted by atomic mass is 19.1. The summed E-state index contributed by atoms with van der Waals surface area (Å²) in [6.07, 6.45) is 1.61. The van der Waals surface area contributed by atoms with Crippen LogP contribution >= 0.6 is 0 Å². The van der Waals surface area contributed by atoms with Gasteiger partial charge in [0.25, 0.3) is 0 Å². The van der Waals surface area contributed by atoms with E-state index in [1.807, 2.05) is 0 Å². The molecule has 0 saturated heterocycles. The molecule has 0 unspecified atom stereocenters. The van der Waals surface area contributed by atoms with Crippen LogP contribution in [0.15, 0.2) is 18.2 Å². The standard InChI is InChI=1S/C11H13F2N5/c12-8-3-4-10(13)9(7-8)11-15-16-17-18(11)6-2-1-5-14/h3-4,7H,1-2,5-6,14H2. The van der Waals surface area contributed by atoms with Gasteiger partial charge < -0.3 is 5.73 Å². The van der Waals surface area contributed by atoms with Gasteiger partial charge in [0.15, 0.2) is 5.82 Å². The third-order valence-corrected chi connectivity index (χ3v) is 2.53. The Bertz CT molecular complexity index is 526. The molecule has 0 atom stereocenters. The number of rotatable bonds is 5. The summed E-state index contributed by atoms with van der Waals surface area (Å²) in [4.78, 5) is 0. The van der Waals surface area contributed by atoms with Crippen LogP contribution in [0.1, 0.15) is 12.8 Å². The number of hydrogen-bond acceptors (Lipinski definition) is 4. The summed E-state index contributed by atoms with van der Waals surface area (Å²) in [5.41, 5.74) is 5.45. The van der Waals surface area contributed by atoms with Crippen LogP contribution in [0.25, 0.3) is 11.4 Å². The van der Waals surface area contributed by atoms with E-state index in [1.165, 1.54) is 4.68 Å². The molecule has 2 rings (SSSR count). The minimum Gasteiger partial charge on any atom is -0.330 e. The van der Waals surface area contributed by atoms with Crippen molar-refractivity contribution < 1.29 is 8.78 Å². The largest absolute Gasteiger partial charge is 0.330 e. The molecule has 0 fully saturated rings. The molecule has 96 valence electrons. The molecular formula is C11H13F2N5. The van der Waals surface area contributed by atoms with E-state index >= 15 is 0 Å². The number of nitrogens with zero attached hydrogens (tertiary/aromatic N) is 4. The lowest BCUT2D eigenvalue weighted by Gasteiger charge is -2.05. The Morgan fingerprint density at radius 3 is 2.83 bits per heavy atom.